The molecule has 2 atom stereocenters. The third-order valence-corrected chi connectivity index (χ3v) is 1.42. The monoisotopic (exact) mass is 146 g/mol. The van der Waals surface area contributed by atoms with E-state index in [2.05, 4.69) is 5.92 Å². The lowest BCUT2D eigenvalue weighted by atomic mass is 10.1. The fourth-order valence-corrected chi connectivity index (χ4v) is 0.578. The van der Waals surface area contributed by atoms with E-state index >= 15 is 0 Å². The zero-order chi connectivity index (χ0) is 7.28. The molecule has 0 rings (SSSR count). The third-order valence-electron chi connectivity index (χ3n) is 1.29. The van der Waals surface area contributed by atoms with Gasteiger partial charge in [0.1, 0.15) is 6.07 Å². The molecule has 0 saturated heterocycles. The summed E-state index contributed by atoms with van der Waals surface area (Å²) in [6, 6.07) is 0.215. The Morgan fingerprint density at radius 3 is 2.56 bits per heavy atom. The average molecular weight is 147 g/mol. The van der Waals surface area contributed by atoms with Crippen LogP contribution >= 0.6 is 11.6 Å². The van der Waals surface area contributed by atoms with Crippen molar-refractivity contribution in [1.82, 2.24) is 0 Å². The molecule has 2 heteroatoms. The molecule has 0 aromatic heterocycles. The number of ether oxygens (including phenoxy) is 1. The average Bonchev–Trinajstić information content (AvgIpc) is 1.87. The van der Waals surface area contributed by atoms with E-state index in [0.29, 0.717) is 0 Å². The zero-order valence-electron chi connectivity index (χ0n) is 5.73. The first-order valence-electron chi connectivity index (χ1n) is 2.86. The summed E-state index contributed by atoms with van der Waals surface area (Å²) in [5.74, 6) is 2.71. The van der Waals surface area contributed by atoms with Gasteiger partial charge in [-0.2, -0.15) is 0 Å². The zero-order valence-corrected chi connectivity index (χ0v) is 6.48. The molecule has 0 saturated carbocycles. The van der Waals surface area contributed by atoms with Crippen molar-refractivity contribution < 1.29 is 4.74 Å². The van der Waals surface area contributed by atoms with Gasteiger partial charge in [0.15, 0.2) is 0 Å². The molecule has 0 heterocycles. The van der Waals surface area contributed by atoms with E-state index in [9.17, 15) is 0 Å². The van der Waals surface area contributed by atoms with Crippen LogP contribution in [0.3, 0.4) is 0 Å². The highest BCUT2D eigenvalue weighted by atomic mass is 35.5. The van der Waals surface area contributed by atoms with Gasteiger partial charge < -0.3 is 4.74 Å². The van der Waals surface area contributed by atoms with E-state index in [-0.39, 0.29) is 18.1 Å². The molecule has 0 aromatic carbocycles. The van der Waals surface area contributed by atoms with Gasteiger partial charge in [0.05, 0.1) is 6.10 Å². The molecular weight excluding hydrogens is 136 g/mol. The molecule has 0 N–H and O–H groups in total. The summed E-state index contributed by atoms with van der Waals surface area (Å²) in [6.07, 6.45) is 5.19. The van der Waals surface area contributed by atoms with Crippen LogP contribution in [0.1, 0.15) is 13.8 Å². The maximum atomic E-state index is 5.31. The van der Waals surface area contributed by atoms with E-state index in [0.717, 1.165) is 0 Å². The normalized spacial score (nSPS) is 16.2. The molecule has 0 amide bonds. The topological polar surface area (TPSA) is 9.23 Å². The number of terminal acetylenes is 1. The van der Waals surface area contributed by atoms with Crippen molar-refractivity contribution in [3.05, 3.63) is 0 Å². The van der Waals surface area contributed by atoms with Crippen molar-refractivity contribution in [2.45, 2.75) is 20.0 Å². The Bertz CT molecular complexity index is 106. The van der Waals surface area contributed by atoms with Crippen LogP contribution in [0, 0.1) is 18.3 Å². The smallest absolute Gasteiger partial charge is 0.121 e. The van der Waals surface area contributed by atoms with Crippen LogP contribution < -0.4 is 0 Å². The number of halogens is 1. The van der Waals surface area contributed by atoms with E-state index in [1.54, 1.807) is 0 Å². The molecule has 0 fully saturated rings. The number of rotatable bonds is 3. The van der Waals surface area contributed by atoms with Gasteiger partial charge in [0.25, 0.3) is 0 Å². The lowest BCUT2D eigenvalue weighted by molar-refractivity contribution is 0.0781. The Balaban J connectivity index is 3.48. The number of alkyl halides is 1. The molecule has 0 spiro atoms. The predicted molar refractivity (Wildman–Crippen MR) is 39.3 cm³/mol. The van der Waals surface area contributed by atoms with Crippen LogP contribution in [0.25, 0.3) is 0 Å². The molecule has 0 aromatic rings. The first kappa shape index (κ1) is 8.81. The molecule has 0 radical (unpaired) electrons. The number of hydrogen-bond donors (Lipinski definition) is 0. The van der Waals surface area contributed by atoms with E-state index < -0.39 is 0 Å². The second kappa shape index (κ2) is 4.67. The van der Waals surface area contributed by atoms with Gasteiger partial charge in [-0.25, -0.2) is 0 Å². The quantitative estimate of drug-likeness (QED) is 0.436. The van der Waals surface area contributed by atoms with Gasteiger partial charge in [-0.3, -0.25) is 0 Å². The maximum Gasteiger partial charge on any atom is 0.121 e. The molecule has 0 aliphatic heterocycles. The van der Waals surface area contributed by atoms with Crippen molar-refractivity contribution in [2.24, 2.45) is 5.92 Å². The summed E-state index contributed by atoms with van der Waals surface area (Å²) in [5, 5.41) is 0. The summed E-state index contributed by atoms with van der Waals surface area (Å²) in [7, 11) is 0. The second-order valence-corrected chi connectivity index (χ2v) is 2.15. The van der Waals surface area contributed by atoms with Crippen LogP contribution in [0.4, 0.5) is 0 Å². The van der Waals surface area contributed by atoms with Crippen LogP contribution in [-0.2, 0) is 4.74 Å². The number of hydrogen-bond acceptors (Lipinski definition) is 1. The minimum atomic E-state index is 0.0625. The van der Waals surface area contributed by atoms with Crippen molar-refractivity contribution in [1.29, 1.82) is 0 Å². The summed E-state index contributed by atoms with van der Waals surface area (Å²) < 4.78 is 5.02. The Labute approximate surface area is 61.3 Å². The van der Waals surface area contributed by atoms with Gasteiger partial charge in [0, 0.05) is 5.92 Å². The summed E-state index contributed by atoms with van der Waals surface area (Å²) in [5.41, 5.74) is 0. The van der Waals surface area contributed by atoms with Crippen molar-refractivity contribution in [3.8, 4) is 12.3 Å². The predicted octanol–water partition coefficient (Wildman–Crippen LogP) is 1.86. The summed E-state index contributed by atoms with van der Waals surface area (Å²) in [4.78, 5) is 0. The van der Waals surface area contributed by atoms with Gasteiger partial charge >= 0.3 is 0 Å². The highest BCUT2D eigenvalue weighted by molar-refractivity contribution is 6.17. The van der Waals surface area contributed by atoms with E-state index in [1.807, 2.05) is 13.8 Å². The molecule has 0 bridgehead atoms. The van der Waals surface area contributed by atoms with Crippen molar-refractivity contribution >= 4 is 11.6 Å². The van der Waals surface area contributed by atoms with E-state index in [1.165, 1.54) is 0 Å². The molecule has 9 heavy (non-hydrogen) atoms. The molecule has 0 aliphatic rings. The van der Waals surface area contributed by atoms with Crippen molar-refractivity contribution in [3.63, 3.8) is 0 Å². The Morgan fingerprint density at radius 1 is 1.67 bits per heavy atom. The van der Waals surface area contributed by atoms with Crippen LogP contribution in [0.2, 0.25) is 0 Å². The van der Waals surface area contributed by atoms with Crippen molar-refractivity contribution in [2.75, 3.05) is 6.07 Å². The highest BCUT2D eigenvalue weighted by Crippen LogP contribution is 2.04. The maximum absolute atomic E-state index is 5.31. The van der Waals surface area contributed by atoms with Crippen LogP contribution in [0.15, 0.2) is 0 Å². The third kappa shape index (κ3) is 3.40. The lowest BCUT2D eigenvalue weighted by Crippen LogP contribution is -2.15. The Kier molecular flexibility index (Phi) is 4.57. The lowest BCUT2D eigenvalue weighted by Gasteiger charge is -2.12. The largest absolute Gasteiger partial charge is 0.362 e. The molecule has 52 valence electrons. The fourth-order valence-electron chi connectivity index (χ4n) is 0.379. The first-order chi connectivity index (χ1) is 4.22. The Morgan fingerprint density at radius 2 is 2.22 bits per heavy atom. The minimum absolute atomic E-state index is 0.0625. The van der Waals surface area contributed by atoms with E-state index in [4.69, 9.17) is 22.8 Å². The van der Waals surface area contributed by atoms with Gasteiger partial charge in [-0.05, 0) is 13.8 Å². The summed E-state index contributed by atoms with van der Waals surface area (Å²) >= 11 is 5.31. The summed E-state index contributed by atoms with van der Waals surface area (Å²) in [6.45, 7) is 3.84. The molecular formula is C7H11ClO. The molecule has 2 unspecified atom stereocenters. The fraction of sp³-hybridized carbons (Fsp3) is 0.714. The van der Waals surface area contributed by atoms with Gasteiger partial charge in [-0.1, -0.05) is 11.6 Å². The second-order valence-electron chi connectivity index (χ2n) is 1.94. The highest BCUT2D eigenvalue weighted by Gasteiger charge is 2.07. The SMILES string of the molecule is C#CC(C)C(C)OCCl. The van der Waals surface area contributed by atoms with Gasteiger partial charge in [-0.15, -0.1) is 12.3 Å². The molecule has 1 nitrogen and oxygen atoms in total. The minimum Gasteiger partial charge on any atom is -0.362 e. The van der Waals surface area contributed by atoms with Crippen LogP contribution in [0.5, 0.6) is 0 Å². The Hall–Kier alpha value is -0.190. The van der Waals surface area contributed by atoms with Crippen LogP contribution in [-0.4, -0.2) is 12.2 Å². The first-order valence-corrected chi connectivity index (χ1v) is 3.39. The molecule has 0 aliphatic carbocycles. The standard InChI is InChI=1S/C7H11ClO/c1-4-6(2)7(3)9-5-8/h1,6-7H,5H2,2-3H3. The van der Waals surface area contributed by atoms with Gasteiger partial charge in [0.2, 0.25) is 0 Å².